The lowest BCUT2D eigenvalue weighted by atomic mass is 9.56. The van der Waals surface area contributed by atoms with Crippen molar-refractivity contribution in [2.45, 2.75) is 38.8 Å². The number of benzene rings is 1. The lowest BCUT2D eigenvalue weighted by Gasteiger charge is -2.59. The van der Waals surface area contributed by atoms with Crippen LogP contribution in [-0.2, 0) is 4.74 Å². The fourth-order valence-electron chi connectivity index (χ4n) is 2.73. The summed E-state index contributed by atoms with van der Waals surface area (Å²) in [5.41, 5.74) is 0.237. The number of methoxy groups -OCH3 is 1. The molecule has 0 radical (unpaired) electrons. The van der Waals surface area contributed by atoms with Gasteiger partial charge in [0.2, 0.25) is 0 Å². The number of carboxylic acid groups (broad SMARTS) is 1. The van der Waals surface area contributed by atoms with E-state index >= 15 is 0 Å². The van der Waals surface area contributed by atoms with Crippen molar-refractivity contribution in [3.8, 4) is 0 Å². The van der Waals surface area contributed by atoms with Crippen LogP contribution in [0.4, 0.5) is 0 Å². The van der Waals surface area contributed by atoms with Gasteiger partial charge in [-0.2, -0.15) is 0 Å². The van der Waals surface area contributed by atoms with E-state index in [0.29, 0.717) is 5.56 Å². The number of aromatic carboxylic acids is 1. The van der Waals surface area contributed by atoms with Crippen molar-refractivity contribution in [1.29, 1.82) is 0 Å². The van der Waals surface area contributed by atoms with Gasteiger partial charge in [0.1, 0.15) is 0 Å². The second-order valence-corrected chi connectivity index (χ2v) is 6.27. The molecule has 2 unspecified atom stereocenters. The molecule has 2 atom stereocenters. The molecule has 0 aromatic heterocycles. The fourth-order valence-corrected chi connectivity index (χ4v) is 2.73. The standard InChI is InChI=1S/C16H21NO4/c1-15(2)12(9-16(15,3)21-4)17-13(18)10-5-7-11(8-6-10)14(19)20/h5-8,12H,9H2,1-4H3,(H,17,18)(H,19,20). The van der Waals surface area contributed by atoms with Crippen LogP contribution in [-0.4, -0.2) is 35.7 Å². The van der Waals surface area contributed by atoms with Gasteiger partial charge < -0.3 is 15.2 Å². The molecule has 114 valence electrons. The lowest BCUT2D eigenvalue weighted by Crippen LogP contribution is -2.68. The highest BCUT2D eigenvalue weighted by Crippen LogP contribution is 2.51. The Kier molecular flexibility index (Phi) is 3.80. The number of amides is 1. The first kappa shape index (κ1) is 15.5. The molecule has 1 fully saturated rings. The molecular formula is C16H21NO4. The quantitative estimate of drug-likeness (QED) is 0.892. The number of hydrogen-bond acceptors (Lipinski definition) is 3. The second kappa shape index (κ2) is 5.15. The van der Waals surface area contributed by atoms with E-state index in [1.54, 1.807) is 7.11 Å². The summed E-state index contributed by atoms with van der Waals surface area (Å²) in [5.74, 6) is -1.19. The zero-order valence-electron chi connectivity index (χ0n) is 12.8. The van der Waals surface area contributed by atoms with Gasteiger partial charge in [-0.1, -0.05) is 13.8 Å². The van der Waals surface area contributed by atoms with Crippen LogP contribution in [0.25, 0.3) is 0 Å². The monoisotopic (exact) mass is 291 g/mol. The zero-order valence-corrected chi connectivity index (χ0v) is 12.8. The Balaban J connectivity index is 2.05. The Hall–Kier alpha value is -1.88. The minimum atomic E-state index is -1.00. The number of carbonyl (C=O) groups is 2. The Labute approximate surface area is 124 Å². The average molecular weight is 291 g/mol. The van der Waals surface area contributed by atoms with Crippen molar-refractivity contribution in [1.82, 2.24) is 5.32 Å². The van der Waals surface area contributed by atoms with Crippen LogP contribution in [0.5, 0.6) is 0 Å². The molecule has 0 saturated heterocycles. The molecule has 0 bridgehead atoms. The molecule has 5 nitrogen and oxygen atoms in total. The number of carboxylic acids is 1. The Morgan fingerprint density at radius 3 is 2.14 bits per heavy atom. The third kappa shape index (κ3) is 2.53. The summed E-state index contributed by atoms with van der Waals surface area (Å²) in [6, 6.07) is 5.96. The van der Waals surface area contributed by atoms with E-state index < -0.39 is 5.97 Å². The summed E-state index contributed by atoms with van der Waals surface area (Å²) in [7, 11) is 1.68. The Morgan fingerprint density at radius 1 is 1.19 bits per heavy atom. The maximum absolute atomic E-state index is 12.2. The first-order valence-electron chi connectivity index (χ1n) is 6.90. The molecule has 0 aliphatic heterocycles. The van der Waals surface area contributed by atoms with Gasteiger partial charge in [0.15, 0.2) is 0 Å². The van der Waals surface area contributed by atoms with Crippen LogP contribution in [0.15, 0.2) is 24.3 Å². The molecule has 1 aliphatic carbocycles. The van der Waals surface area contributed by atoms with Crippen LogP contribution in [0.2, 0.25) is 0 Å². The zero-order chi connectivity index (χ0) is 15.8. The van der Waals surface area contributed by atoms with Gasteiger partial charge in [-0.05, 0) is 37.6 Å². The predicted octanol–water partition coefficient (Wildman–Crippen LogP) is 2.32. The smallest absolute Gasteiger partial charge is 0.335 e. The van der Waals surface area contributed by atoms with Crippen molar-refractivity contribution < 1.29 is 19.4 Å². The number of hydrogen-bond donors (Lipinski definition) is 2. The van der Waals surface area contributed by atoms with E-state index in [2.05, 4.69) is 19.2 Å². The molecule has 0 heterocycles. The van der Waals surface area contributed by atoms with E-state index in [1.165, 1.54) is 24.3 Å². The Morgan fingerprint density at radius 2 is 1.71 bits per heavy atom. The van der Waals surface area contributed by atoms with Gasteiger partial charge in [-0.3, -0.25) is 4.79 Å². The van der Waals surface area contributed by atoms with Crippen LogP contribution in [0.1, 0.15) is 47.9 Å². The first-order chi connectivity index (χ1) is 9.71. The maximum atomic E-state index is 12.2. The fraction of sp³-hybridized carbons (Fsp3) is 0.500. The van der Waals surface area contributed by atoms with Crippen LogP contribution in [0.3, 0.4) is 0 Å². The molecule has 1 aromatic carbocycles. The molecule has 2 N–H and O–H groups in total. The number of carbonyl (C=O) groups excluding carboxylic acids is 1. The van der Waals surface area contributed by atoms with E-state index in [0.717, 1.165) is 6.42 Å². The average Bonchev–Trinajstić information content (AvgIpc) is 2.46. The van der Waals surface area contributed by atoms with E-state index in [1.807, 2.05) is 6.92 Å². The predicted molar refractivity (Wildman–Crippen MR) is 78.5 cm³/mol. The van der Waals surface area contributed by atoms with E-state index in [9.17, 15) is 9.59 Å². The second-order valence-electron chi connectivity index (χ2n) is 6.27. The van der Waals surface area contributed by atoms with Gasteiger partial charge in [-0.15, -0.1) is 0 Å². The van der Waals surface area contributed by atoms with Crippen molar-refractivity contribution in [2.75, 3.05) is 7.11 Å². The maximum Gasteiger partial charge on any atom is 0.335 e. The summed E-state index contributed by atoms with van der Waals surface area (Å²) in [5, 5.41) is 11.8. The third-order valence-electron chi connectivity index (χ3n) is 4.98. The van der Waals surface area contributed by atoms with Crippen molar-refractivity contribution in [3.05, 3.63) is 35.4 Å². The molecule has 21 heavy (non-hydrogen) atoms. The largest absolute Gasteiger partial charge is 0.478 e. The molecule has 1 aliphatic rings. The molecule has 1 saturated carbocycles. The highest BCUT2D eigenvalue weighted by Gasteiger charge is 2.58. The summed E-state index contributed by atoms with van der Waals surface area (Å²) in [6.45, 7) is 6.17. The Bertz CT molecular complexity index is 564. The van der Waals surface area contributed by atoms with Gasteiger partial charge in [0.25, 0.3) is 5.91 Å². The molecule has 5 heteroatoms. The van der Waals surface area contributed by atoms with Gasteiger partial charge in [0, 0.05) is 24.1 Å². The number of nitrogens with one attached hydrogen (secondary N) is 1. The SMILES string of the molecule is COC1(C)CC(NC(=O)c2ccc(C(=O)O)cc2)C1(C)C. The summed E-state index contributed by atoms with van der Waals surface area (Å²) < 4.78 is 5.53. The minimum absolute atomic E-state index is 0.0362. The van der Waals surface area contributed by atoms with Crippen molar-refractivity contribution in [3.63, 3.8) is 0 Å². The van der Waals surface area contributed by atoms with Gasteiger partial charge in [-0.25, -0.2) is 4.79 Å². The topological polar surface area (TPSA) is 75.6 Å². The summed E-state index contributed by atoms with van der Waals surface area (Å²) >= 11 is 0. The van der Waals surface area contributed by atoms with Gasteiger partial charge >= 0.3 is 5.97 Å². The number of rotatable bonds is 4. The highest BCUT2D eigenvalue weighted by atomic mass is 16.5. The normalized spacial score (nSPS) is 26.8. The number of ether oxygens (including phenoxy) is 1. The summed E-state index contributed by atoms with van der Waals surface area (Å²) in [4.78, 5) is 23.0. The van der Waals surface area contributed by atoms with Crippen LogP contribution < -0.4 is 5.32 Å². The lowest BCUT2D eigenvalue weighted by molar-refractivity contribution is -0.177. The van der Waals surface area contributed by atoms with Crippen LogP contribution >= 0.6 is 0 Å². The first-order valence-corrected chi connectivity index (χ1v) is 6.90. The van der Waals surface area contributed by atoms with Crippen LogP contribution in [0, 0.1) is 5.41 Å². The molecule has 2 rings (SSSR count). The van der Waals surface area contributed by atoms with E-state index in [-0.39, 0.29) is 28.5 Å². The molecule has 0 spiro atoms. The molecule has 1 amide bonds. The summed E-state index contributed by atoms with van der Waals surface area (Å²) in [6.07, 6.45) is 0.759. The van der Waals surface area contributed by atoms with Crippen molar-refractivity contribution in [2.24, 2.45) is 5.41 Å². The van der Waals surface area contributed by atoms with E-state index in [4.69, 9.17) is 9.84 Å². The van der Waals surface area contributed by atoms with Crippen molar-refractivity contribution >= 4 is 11.9 Å². The van der Waals surface area contributed by atoms with Gasteiger partial charge in [0.05, 0.1) is 11.2 Å². The molecular weight excluding hydrogens is 270 g/mol. The minimum Gasteiger partial charge on any atom is -0.478 e. The highest BCUT2D eigenvalue weighted by molar-refractivity contribution is 5.96. The molecule has 1 aromatic rings. The third-order valence-corrected chi connectivity index (χ3v) is 4.98.